The summed E-state index contributed by atoms with van der Waals surface area (Å²) in [6.07, 6.45) is 2.71. The summed E-state index contributed by atoms with van der Waals surface area (Å²) < 4.78 is 5.08. The van der Waals surface area contributed by atoms with Gasteiger partial charge in [-0.25, -0.2) is 0 Å². The van der Waals surface area contributed by atoms with Crippen LogP contribution in [0.2, 0.25) is 0 Å². The Labute approximate surface area is 88.6 Å². The minimum Gasteiger partial charge on any atom is -0.465 e. The van der Waals surface area contributed by atoms with Crippen molar-refractivity contribution in [2.45, 2.75) is 13.3 Å². The number of carbonyl (C=O) groups is 1. The summed E-state index contributed by atoms with van der Waals surface area (Å²) in [7, 11) is 0. The molecule has 84 valence electrons. The van der Waals surface area contributed by atoms with Crippen LogP contribution < -0.4 is 0 Å². The van der Waals surface area contributed by atoms with E-state index in [0.29, 0.717) is 6.61 Å². The summed E-state index contributed by atoms with van der Waals surface area (Å²) in [5.41, 5.74) is 0.128. The van der Waals surface area contributed by atoms with Crippen LogP contribution in [-0.4, -0.2) is 36.0 Å². The number of hydrogen-bond acceptors (Lipinski definition) is 4. The Hall–Kier alpha value is -0.870. The van der Waals surface area contributed by atoms with E-state index in [9.17, 15) is 9.90 Å². The second-order valence-electron chi connectivity index (χ2n) is 4.56. The highest BCUT2D eigenvalue weighted by atomic mass is 16.5. The fourth-order valence-corrected chi connectivity index (χ4v) is 2.63. The Kier molecular flexibility index (Phi) is 2.56. The minimum absolute atomic E-state index is 0.0141. The second kappa shape index (κ2) is 3.61. The van der Waals surface area contributed by atoms with Gasteiger partial charge in [-0.2, -0.15) is 0 Å². The number of aliphatic hydroxyl groups excluding tert-OH is 2. The number of carbonyl (C=O) groups excluding carboxylic acids is 1. The Balaban J connectivity index is 2.26. The van der Waals surface area contributed by atoms with Crippen LogP contribution >= 0.6 is 0 Å². The molecule has 4 heteroatoms. The van der Waals surface area contributed by atoms with Gasteiger partial charge in [0, 0.05) is 5.92 Å². The lowest BCUT2D eigenvalue weighted by atomic mass is 9.69. The van der Waals surface area contributed by atoms with E-state index in [4.69, 9.17) is 9.84 Å². The lowest BCUT2D eigenvalue weighted by molar-refractivity contribution is -0.174. The molecule has 0 spiro atoms. The molecule has 3 unspecified atom stereocenters. The van der Waals surface area contributed by atoms with Gasteiger partial charge in [-0.05, 0) is 24.8 Å². The fraction of sp³-hybridized carbons (Fsp3) is 0.727. The van der Waals surface area contributed by atoms with Gasteiger partial charge in [-0.15, -0.1) is 0 Å². The first-order valence-corrected chi connectivity index (χ1v) is 5.21. The molecule has 3 atom stereocenters. The number of rotatable bonds is 2. The first-order chi connectivity index (χ1) is 7.13. The van der Waals surface area contributed by atoms with Crippen molar-refractivity contribution in [2.24, 2.45) is 17.3 Å². The van der Waals surface area contributed by atoms with Gasteiger partial charge in [0.05, 0.1) is 25.2 Å². The molecule has 0 aromatic heterocycles. The van der Waals surface area contributed by atoms with E-state index in [1.165, 1.54) is 0 Å². The number of esters is 1. The summed E-state index contributed by atoms with van der Waals surface area (Å²) >= 11 is 0. The Bertz CT molecular complexity index is 310. The van der Waals surface area contributed by atoms with Crippen LogP contribution in [0.4, 0.5) is 0 Å². The summed E-state index contributed by atoms with van der Waals surface area (Å²) in [4.78, 5) is 11.6. The largest absolute Gasteiger partial charge is 0.465 e. The molecule has 1 heterocycles. The Morgan fingerprint density at radius 2 is 2.33 bits per heavy atom. The zero-order valence-electron chi connectivity index (χ0n) is 8.77. The number of aliphatic hydroxyl groups is 2. The third kappa shape index (κ3) is 1.40. The molecular weight excluding hydrogens is 196 g/mol. The van der Waals surface area contributed by atoms with Gasteiger partial charge in [-0.3, -0.25) is 4.79 Å². The molecule has 2 N–H and O–H groups in total. The molecule has 1 fully saturated rings. The van der Waals surface area contributed by atoms with Crippen LogP contribution in [0.5, 0.6) is 0 Å². The maximum absolute atomic E-state index is 11.6. The van der Waals surface area contributed by atoms with Crippen molar-refractivity contribution in [3.63, 3.8) is 0 Å². The predicted molar refractivity (Wildman–Crippen MR) is 52.9 cm³/mol. The van der Waals surface area contributed by atoms with E-state index >= 15 is 0 Å². The Morgan fingerprint density at radius 3 is 2.93 bits per heavy atom. The molecule has 0 aromatic rings. The van der Waals surface area contributed by atoms with E-state index in [0.717, 1.165) is 12.0 Å². The summed E-state index contributed by atoms with van der Waals surface area (Å²) in [5.74, 6) is -0.158. The molecule has 4 nitrogen and oxygen atoms in total. The van der Waals surface area contributed by atoms with E-state index < -0.39 is 5.41 Å². The average molecular weight is 212 g/mol. The van der Waals surface area contributed by atoms with Gasteiger partial charge in [0.25, 0.3) is 0 Å². The van der Waals surface area contributed by atoms with Gasteiger partial charge < -0.3 is 14.9 Å². The monoisotopic (exact) mass is 212 g/mol. The minimum atomic E-state index is -0.809. The lowest BCUT2D eigenvalue weighted by Gasteiger charge is -2.40. The van der Waals surface area contributed by atoms with Crippen LogP contribution in [0.25, 0.3) is 0 Å². The molecule has 0 aromatic carbocycles. The first kappa shape index (κ1) is 10.6. The molecule has 1 aliphatic carbocycles. The van der Waals surface area contributed by atoms with Crippen molar-refractivity contribution >= 4 is 5.97 Å². The van der Waals surface area contributed by atoms with Crippen molar-refractivity contribution < 1.29 is 19.7 Å². The topological polar surface area (TPSA) is 66.8 Å². The molecule has 2 aliphatic rings. The molecule has 1 aliphatic heterocycles. The van der Waals surface area contributed by atoms with Crippen LogP contribution in [0, 0.1) is 17.3 Å². The molecule has 1 saturated heterocycles. The number of ether oxygens (including phenoxy) is 1. The van der Waals surface area contributed by atoms with Gasteiger partial charge in [-0.1, -0.05) is 6.08 Å². The summed E-state index contributed by atoms with van der Waals surface area (Å²) in [6.45, 7) is 1.89. The highest BCUT2D eigenvalue weighted by Crippen LogP contribution is 2.47. The van der Waals surface area contributed by atoms with E-state index in [1.54, 1.807) is 6.92 Å². The average Bonchev–Trinajstić information content (AvgIpc) is 2.67. The van der Waals surface area contributed by atoms with Crippen LogP contribution in [0.1, 0.15) is 13.3 Å². The Morgan fingerprint density at radius 1 is 1.60 bits per heavy atom. The molecule has 15 heavy (non-hydrogen) atoms. The highest BCUT2D eigenvalue weighted by molar-refractivity contribution is 5.78. The fourth-order valence-electron chi connectivity index (χ4n) is 2.63. The summed E-state index contributed by atoms with van der Waals surface area (Å²) in [6, 6.07) is 0. The number of allylic oxidation sites excluding steroid dienone is 1. The lowest BCUT2D eigenvalue weighted by Crippen LogP contribution is -2.48. The normalized spacial score (nSPS) is 39.7. The van der Waals surface area contributed by atoms with Gasteiger partial charge >= 0.3 is 5.97 Å². The quantitative estimate of drug-likeness (QED) is 0.503. The van der Waals surface area contributed by atoms with Crippen molar-refractivity contribution in [3.8, 4) is 0 Å². The predicted octanol–water partition coefficient (Wildman–Crippen LogP) is 0.0966. The van der Waals surface area contributed by atoms with Gasteiger partial charge in [0.15, 0.2) is 0 Å². The smallest absolute Gasteiger partial charge is 0.314 e. The van der Waals surface area contributed by atoms with Crippen molar-refractivity contribution in [1.29, 1.82) is 0 Å². The maximum atomic E-state index is 11.6. The third-order valence-electron chi connectivity index (χ3n) is 3.79. The van der Waals surface area contributed by atoms with Crippen molar-refractivity contribution in [2.75, 3.05) is 19.8 Å². The van der Waals surface area contributed by atoms with Crippen molar-refractivity contribution in [3.05, 3.63) is 11.6 Å². The number of hydrogen-bond donors (Lipinski definition) is 2. The molecule has 2 rings (SSSR count). The van der Waals surface area contributed by atoms with Crippen LogP contribution in [-0.2, 0) is 9.53 Å². The first-order valence-electron chi connectivity index (χ1n) is 5.21. The van der Waals surface area contributed by atoms with E-state index in [2.05, 4.69) is 0 Å². The molecule has 0 saturated carbocycles. The second-order valence-corrected chi connectivity index (χ2v) is 4.56. The van der Waals surface area contributed by atoms with Crippen LogP contribution in [0.3, 0.4) is 0 Å². The standard InChI is InChI=1S/C11H16O4/c1-11(6-13)9-3-2-7(4-12)8(9)5-15-10(11)14/h2,8-9,12-13H,3-6H2,1H3. The molecule has 0 amide bonds. The zero-order chi connectivity index (χ0) is 11.1. The molecular formula is C11H16O4. The van der Waals surface area contributed by atoms with Crippen LogP contribution in [0.15, 0.2) is 11.6 Å². The molecule has 0 bridgehead atoms. The molecule has 0 radical (unpaired) electrons. The zero-order valence-corrected chi connectivity index (χ0v) is 8.77. The number of fused-ring (bicyclic) bond motifs is 1. The summed E-state index contributed by atoms with van der Waals surface area (Å²) in [5, 5.41) is 18.5. The SMILES string of the molecule is CC1(CO)C(=O)OCC2C(CO)=CCC21. The van der Waals surface area contributed by atoms with E-state index in [1.807, 2.05) is 6.08 Å². The van der Waals surface area contributed by atoms with Crippen molar-refractivity contribution in [1.82, 2.24) is 0 Å². The van der Waals surface area contributed by atoms with E-state index in [-0.39, 0.29) is 31.0 Å². The maximum Gasteiger partial charge on any atom is 0.314 e. The van der Waals surface area contributed by atoms with Gasteiger partial charge in [0.2, 0.25) is 0 Å². The number of cyclic esters (lactones) is 1. The highest BCUT2D eigenvalue weighted by Gasteiger charge is 2.51. The van der Waals surface area contributed by atoms with Gasteiger partial charge in [0.1, 0.15) is 0 Å². The third-order valence-corrected chi connectivity index (χ3v) is 3.79.